The van der Waals surface area contributed by atoms with E-state index in [1.165, 1.54) is 18.9 Å². The van der Waals surface area contributed by atoms with Crippen molar-refractivity contribution >= 4 is 11.7 Å². The van der Waals surface area contributed by atoms with Crippen molar-refractivity contribution in [3.8, 4) is 0 Å². The molecule has 0 bridgehead atoms. The van der Waals surface area contributed by atoms with E-state index in [0.29, 0.717) is 23.8 Å². The second-order valence-electron chi connectivity index (χ2n) is 7.28. The molecule has 1 N–H and O–H groups in total. The largest absolute Gasteiger partial charge is 0.322 e. The van der Waals surface area contributed by atoms with Crippen molar-refractivity contribution in [1.82, 2.24) is 19.7 Å². The van der Waals surface area contributed by atoms with Gasteiger partial charge in [0.15, 0.2) is 5.82 Å². The van der Waals surface area contributed by atoms with E-state index in [4.69, 9.17) is 0 Å². The molecule has 1 aliphatic heterocycles. The summed E-state index contributed by atoms with van der Waals surface area (Å²) >= 11 is 0. The highest BCUT2D eigenvalue weighted by Crippen LogP contribution is 2.36. The van der Waals surface area contributed by atoms with Gasteiger partial charge in [-0.3, -0.25) is 0 Å². The van der Waals surface area contributed by atoms with Gasteiger partial charge in [-0.05, 0) is 50.3 Å². The molecule has 138 valence electrons. The molecule has 0 spiro atoms. The summed E-state index contributed by atoms with van der Waals surface area (Å²) in [6.45, 7) is 2.37. The number of carbonyl (C=O) groups excluding carboxylic acids is 1. The first kappa shape index (κ1) is 17.0. The van der Waals surface area contributed by atoms with Crippen LogP contribution in [-0.2, 0) is 0 Å². The van der Waals surface area contributed by atoms with Crippen LogP contribution in [-0.4, -0.2) is 32.2 Å². The number of benzene rings is 1. The molecule has 1 saturated carbocycles. The molecule has 2 aromatic rings. The predicted octanol–water partition coefficient (Wildman–Crippen LogP) is 4.21. The zero-order valence-electron chi connectivity index (χ0n) is 15.0. The molecule has 0 radical (unpaired) electrons. The standard InChI is InChI=1S/C19H24FN5O/c1-13-8-9-14(11-16(13)20)22-19(26)24-10-4-7-17(24)18-23-21-12-25(18)15-5-2-3-6-15/h8-9,11-12,15,17H,2-7,10H2,1H3,(H,22,26). The molecule has 2 heterocycles. The van der Waals surface area contributed by atoms with Crippen molar-refractivity contribution in [3.63, 3.8) is 0 Å². The molecule has 7 heteroatoms. The summed E-state index contributed by atoms with van der Waals surface area (Å²) in [7, 11) is 0. The van der Waals surface area contributed by atoms with Gasteiger partial charge in [0, 0.05) is 18.3 Å². The summed E-state index contributed by atoms with van der Waals surface area (Å²) < 4.78 is 15.9. The number of aryl methyl sites for hydroxylation is 1. The normalized spacial score (nSPS) is 20.7. The fraction of sp³-hybridized carbons (Fsp3) is 0.526. The highest BCUT2D eigenvalue weighted by molar-refractivity contribution is 5.89. The quantitative estimate of drug-likeness (QED) is 0.895. The Hall–Kier alpha value is -2.44. The molecule has 4 rings (SSSR count). The van der Waals surface area contributed by atoms with E-state index in [1.807, 2.05) is 0 Å². The van der Waals surface area contributed by atoms with Crippen molar-refractivity contribution in [1.29, 1.82) is 0 Å². The summed E-state index contributed by atoms with van der Waals surface area (Å²) in [4.78, 5) is 14.6. The number of nitrogens with zero attached hydrogens (tertiary/aromatic N) is 4. The van der Waals surface area contributed by atoms with Crippen LogP contribution < -0.4 is 5.32 Å². The van der Waals surface area contributed by atoms with Crippen LogP contribution in [0.3, 0.4) is 0 Å². The second kappa shape index (κ2) is 7.05. The third-order valence-corrected chi connectivity index (χ3v) is 5.55. The van der Waals surface area contributed by atoms with Crippen LogP contribution in [0.25, 0.3) is 0 Å². The number of halogens is 1. The van der Waals surface area contributed by atoms with Crippen LogP contribution in [0.1, 0.15) is 62.0 Å². The van der Waals surface area contributed by atoms with E-state index >= 15 is 0 Å². The van der Waals surface area contributed by atoms with E-state index in [2.05, 4.69) is 20.1 Å². The molecule has 1 saturated heterocycles. The highest BCUT2D eigenvalue weighted by Gasteiger charge is 2.35. The molecule has 1 atom stereocenters. The minimum atomic E-state index is -0.318. The fourth-order valence-electron chi connectivity index (χ4n) is 4.10. The second-order valence-corrected chi connectivity index (χ2v) is 7.28. The average molecular weight is 357 g/mol. The minimum absolute atomic E-state index is 0.0756. The summed E-state index contributed by atoms with van der Waals surface area (Å²) in [5.74, 6) is 0.557. The Morgan fingerprint density at radius 1 is 1.23 bits per heavy atom. The molecule has 1 aromatic heterocycles. The molecule has 2 fully saturated rings. The van der Waals surface area contributed by atoms with Crippen molar-refractivity contribution < 1.29 is 9.18 Å². The summed E-state index contributed by atoms with van der Waals surface area (Å²) in [5.41, 5.74) is 1.03. The van der Waals surface area contributed by atoms with Crippen LogP contribution in [0.4, 0.5) is 14.9 Å². The molecule has 1 unspecified atom stereocenters. The number of hydrogen-bond acceptors (Lipinski definition) is 3. The zero-order valence-corrected chi connectivity index (χ0v) is 15.0. The van der Waals surface area contributed by atoms with E-state index in [-0.39, 0.29) is 17.9 Å². The van der Waals surface area contributed by atoms with Crippen LogP contribution in [0.2, 0.25) is 0 Å². The van der Waals surface area contributed by atoms with E-state index in [1.54, 1.807) is 30.3 Å². The lowest BCUT2D eigenvalue weighted by molar-refractivity contribution is 0.203. The Morgan fingerprint density at radius 2 is 2.04 bits per heavy atom. The lowest BCUT2D eigenvalue weighted by Gasteiger charge is -2.26. The van der Waals surface area contributed by atoms with Gasteiger partial charge in [-0.25, -0.2) is 9.18 Å². The Balaban J connectivity index is 1.52. The number of urea groups is 1. The molecule has 6 nitrogen and oxygen atoms in total. The van der Waals surface area contributed by atoms with E-state index in [9.17, 15) is 9.18 Å². The SMILES string of the molecule is Cc1ccc(NC(=O)N2CCCC2c2nncn2C2CCCC2)cc1F. The van der Waals surface area contributed by atoms with Crippen LogP contribution >= 0.6 is 0 Å². The van der Waals surface area contributed by atoms with Crippen LogP contribution in [0, 0.1) is 12.7 Å². The topological polar surface area (TPSA) is 63.1 Å². The lowest BCUT2D eigenvalue weighted by atomic mass is 10.1. The van der Waals surface area contributed by atoms with Crippen LogP contribution in [0.15, 0.2) is 24.5 Å². The summed E-state index contributed by atoms with van der Waals surface area (Å²) in [6, 6.07) is 4.91. The number of amides is 2. The van der Waals surface area contributed by atoms with Gasteiger partial charge in [-0.1, -0.05) is 18.9 Å². The summed E-state index contributed by atoms with van der Waals surface area (Å²) in [5, 5.41) is 11.3. The molecular weight excluding hydrogens is 333 g/mol. The molecule has 1 aliphatic carbocycles. The third-order valence-electron chi connectivity index (χ3n) is 5.55. The maximum absolute atomic E-state index is 13.7. The van der Waals surface area contributed by atoms with E-state index < -0.39 is 0 Å². The number of carbonyl (C=O) groups is 1. The number of rotatable bonds is 3. The van der Waals surface area contributed by atoms with Gasteiger partial charge in [0.05, 0.1) is 6.04 Å². The smallest absolute Gasteiger partial charge is 0.314 e. The Morgan fingerprint density at radius 3 is 2.81 bits per heavy atom. The van der Waals surface area contributed by atoms with Crippen molar-refractivity contribution in [2.75, 3.05) is 11.9 Å². The maximum atomic E-state index is 13.7. The Labute approximate surface area is 152 Å². The Bertz CT molecular complexity index is 799. The number of aromatic nitrogens is 3. The molecular formula is C19H24FN5O. The van der Waals surface area contributed by atoms with Gasteiger partial charge in [-0.15, -0.1) is 10.2 Å². The summed E-state index contributed by atoms with van der Waals surface area (Å²) in [6.07, 6.45) is 8.36. The van der Waals surface area contributed by atoms with Gasteiger partial charge in [0.2, 0.25) is 0 Å². The van der Waals surface area contributed by atoms with E-state index in [0.717, 1.165) is 31.5 Å². The third kappa shape index (κ3) is 3.18. The lowest BCUT2D eigenvalue weighted by Crippen LogP contribution is -2.35. The van der Waals surface area contributed by atoms with Gasteiger partial charge >= 0.3 is 6.03 Å². The molecule has 2 amide bonds. The predicted molar refractivity (Wildman–Crippen MR) is 96.4 cm³/mol. The fourth-order valence-corrected chi connectivity index (χ4v) is 4.10. The maximum Gasteiger partial charge on any atom is 0.322 e. The van der Waals surface area contributed by atoms with Gasteiger partial charge < -0.3 is 14.8 Å². The first-order chi connectivity index (χ1) is 12.6. The van der Waals surface area contributed by atoms with Gasteiger partial charge in [0.25, 0.3) is 0 Å². The first-order valence-electron chi connectivity index (χ1n) is 9.36. The van der Waals surface area contributed by atoms with Crippen molar-refractivity contribution in [2.24, 2.45) is 0 Å². The number of nitrogens with one attached hydrogen (secondary N) is 1. The molecule has 26 heavy (non-hydrogen) atoms. The van der Waals surface area contributed by atoms with Crippen LogP contribution in [0.5, 0.6) is 0 Å². The number of anilines is 1. The van der Waals surface area contributed by atoms with Gasteiger partial charge in [0.1, 0.15) is 12.1 Å². The molecule has 2 aliphatic rings. The number of likely N-dealkylation sites (tertiary alicyclic amines) is 1. The zero-order chi connectivity index (χ0) is 18.1. The average Bonchev–Trinajstić information content (AvgIpc) is 3.38. The monoisotopic (exact) mass is 357 g/mol. The minimum Gasteiger partial charge on any atom is -0.314 e. The first-order valence-corrected chi connectivity index (χ1v) is 9.36. The number of hydrogen-bond donors (Lipinski definition) is 1. The highest BCUT2D eigenvalue weighted by atomic mass is 19.1. The molecule has 1 aromatic carbocycles. The van der Waals surface area contributed by atoms with Gasteiger partial charge in [-0.2, -0.15) is 0 Å². The van der Waals surface area contributed by atoms with Crippen molar-refractivity contribution in [2.45, 2.75) is 57.5 Å². The van der Waals surface area contributed by atoms with Crippen molar-refractivity contribution in [3.05, 3.63) is 41.7 Å². The Kier molecular flexibility index (Phi) is 4.61.